The molecule has 2 heterocycles. The lowest BCUT2D eigenvalue weighted by Gasteiger charge is -2.09. The van der Waals surface area contributed by atoms with E-state index in [0.717, 1.165) is 16.6 Å². The van der Waals surface area contributed by atoms with Gasteiger partial charge in [0.1, 0.15) is 5.69 Å². The number of benzene rings is 1. The van der Waals surface area contributed by atoms with Crippen LogP contribution in [0.2, 0.25) is 0 Å². The lowest BCUT2D eigenvalue weighted by molar-refractivity contribution is 0.102. The van der Waals surface area contributed by atoms with Crippen molar-refractivity contribution in [1.82, 2.24) is 9.97 Å². The number of aromatic nitrogens is 2. The molecular formula is C16H14N4O. The van der Waals surface area contributed by atoms with Gasteiger partial charge in [-0.3, -0.25) is 14.8 Å². The number of para-hydroxylation sites is 1. The molecule has 0 atom stereocenters. The predicted octanol–water partition coefficient (Wildman–Crippen LogP) is 2.77. The van der Waals surface area contributed by atoms with E-state index in [1.54, 1.807) is 12.1 Å². The van der Waals surface area contributed by atoms with Crippen LogP contribution in [0, 0.1) is 6.92 Å². The van der Waals surface area contributed by atoms with Gasteiger partial charge in [0.25, 0.3) is 5.91 Å². The Bertz CT molecular complexity index is 829. The lowest BCUT2D eigenvalue weighted by Crippen LogP contribution is -2.14. The summed E-state index contributed by atoms with van der Waals surface area (Å²) >= 11 is 0. The van der Waals surface area contributed by atoms with Gasteiger partial charge in [0.05, 0.1) is 11.2 Å². The highest BCUT2D eigenvalue weighted by molar-refractivity contribution is 6.08. The average Bonchev–Trinajstić information content (AvgIpc) is 2.47. The maximum absolute atomic E-state index is 12.3. The molecule has 3 aromatic rings. The van der Waals surface area contributed by atoms with Crippen molar-refractivity contribution in [3.63, 3.8) is 0 Å². The van der Waals surface area contributed by atoms with Crippen molar-refractivity contribution in [3.05, 3.63) is 60.0 Å². The van der Waals surface area contributed by atoms with E-state index in [9.17, 15) is 4.79 Å². The zero-order chi connectivity index (χ0) is 14.8. The number of amides is 1. The fourth-order valence-electron chi connectivity index (χ4n) is 2.17. The number of aryl methyl sites for hydroxylation is 1. The van der Waals surface area contributed by atoms with E-state index in [1.165, 1.54) is 6.20 Å². The van der Waals surface area contributed by atoms with Gasteiger partial charge in [-0.05, 0) is 31.2 Å². The number of fused-ring (bicyclic) bond motifs is 1. The van der Waals surface area contributed by atoms with Crippen LogP contribution in [0.1, 0.15) is 16.2 Å². The normalized spacial score (nSPS) is 10.5. The van der Waals surface area contributed by atoms with Crippen molar-refractivity contribution in [2.24, 2.45) is 0 Å². The van der Waals surface area contributed by atoms with Gasteiger partial charge < -0.3 is 11.1 Å². The molecule has 2 aromatic heterocycles. The number of carbonyl (C=O) groups excluding carboxylic acids is 1. The number of nitrogens with one attached hydrogen (secondary N) is 1. The van der Waals surface area contributed by atoms with E-state index >= 15 is 0 Å². The van der Waals surface area contributed by atoms with Crippen molar-refractivity contribution < 1.29 is 4.79 Å². The predicted molar refractivity (Wildman–Crippen MR) is 83.1 cm³/mol. The minimum atomic E-state index is -0.293. The van der Waals surface area contributed by atoms with Crippen LogP contribution in [-0.4, -0.2) is 15.9 Å². The zero-order valence-corrected chi connectivity index (χ0v) is 11.5. The molecule has 21 heavy (non-hydrogen) atoms. The number of pyridine rings is 2. The molecular weight excluding hydrogens is 264 g/mol. The van der Waals surface area contributed by atoms with Crippen LogP contribution in [0.25, 0.3) is 10.9 Å². The number of hydrogen-bond donors (Lipinski definition) is 2. The minimum Gasteiger partial charge on any atom is -0.399 e. The fraction of sp³-hybridized carbons (Fsp3) is 0.0625. The first-order valence-electron chi connectivity index (χ1n) is 6.53. The molecule has 104 valence electrons. The highest BCUT2D eigenvalue weighted by atomic mass is 16.1. The summed E-state index contributed by atoms with van der Waals surface area (Å²) in [5, 5.41) is 3.76. The first-order valence-corrected chi connectivity index (χ1v) is 6.53. The summed E-state index contributed by atoms with van der Waals surface area (Å²) in [6.45, 7) is 1.89. The molecule has 3 rings (SSSR count). The summed E-state index contributed by atoms with van der Waals surface area (Å²) in [6.07, 6.45) is 1.51. The third-order valence-electron chi connectivity index (χ3n) is 3.11. The van der Waals surface area contributed by atoms with Gasteiger partial charge in [0.15, 0.2) is 0 Å². The third-order valence-corrected chi connectivity index (χ3v) is 3.11. The second kappa shape index (κ2) is 5.20. The lowest BCUT2D eigenvalue weighted by atomic mass is 10.1. The SMILES string of the molecule is Cc1cc(NC(=O)c2cc(N)ccn2)c2ccccc2n1. The van der Waals surface area contributed by atoms with E-state index in [-0.39, 0.29) is 11.6 Å². The molecule has 1 aromatic carbocycles. The Labute approximate surface area is 121 Å². The van der Waals surface area contributed by atoms with Gasteiger partial charge >= 0.3 is 0 Å². The highest BCUT2D eigenvalue weighted by Crippen LogP contribution is 2.23. The number of nitrogen functional groups attached to an aromatic ring is 1. The van der Waals surface area contributed by atoms with Gasteiger partial charge in [-0.1, -0.05) is 18.2 Å². The number of nitrogens with zero attached hydrogens (tertiary/aromatic N) is 2. The summed E-state index contributed by atoms with van der Waals surface area (Å²) < 4.78 is 0. The molecule has 5 nitrogen and oxygen atoms in total. The number of rotatable bonds is 2. The molecule has 0 saturated heterocycles. The van der Waals surface area contributed by atoms with E-state index in [0.29, 0.717) is 11.4 Å². The van der Waals surface area contributed by atoms with Gasteiger partial charge in [-0.15, -0.1) is 0 Å². The van der Waals surface area contributed by atoms with Crippen LogP contribution in [0.4, 0.5) is 11.4 Å². The number of hydrogen-bond acceptors (Lipinski definition) is 4. The standard InChI is InChI=1S/C16H14N4O/c1-10-8-14(12-4-2-3-5-13(12)19-10)20-16(21)15-9-11(17)6-7-18-15/h2-9H,1H3,(H2,17,18)(H,19,20,21). The first-order chi connectivity index (χ1) is 10.1. The van der Waals surface area contributed by atoms with Crippen LogP contribution < -0.4 is 11.1 Å². The Hall–Kier alpha value is -2.95. The topological polar surface area (TPSA) is 80.9 Å². The highest BCUT2D eigenvalue weighted by Gasteiger charge is 2.11. The third kappa shape index (κ3) is 2.67. The van der Waals surface area contributed by atoms with Crippen LogP contribution in [0.5, 0.6) is 0 Å². The van der Waals surface area contributed by atoms with Crippen LogP contribution in [-0.2, 0) is 0 Å². The van der Waals surface area contributed by atoms with E-state index in [2.05, 4.69) is 15.3 Å². The second-order valence-corrected chi connectivity index (χ2v) is 4.76. The molecule has 0 fully saturated rings. The first kappa shape index (κ1) is 13.1. The number of anilines is 2. The molecule has 0 bridgehead atoms. The Kier molecular flexibility index (Phi) is 3.23. The Morgan fingerprint density at radius 1 is 1.19 bits per heavy atom. The van der Waals surface area contributed by atoms with Crippen molar-refractivity contribution in [3.8, 4) is 0 Å². The Balaban J connectivity index is 2.00. The minimum absolute atomic E-state index is 0.286. The molecule has 0 unspecified atom stereocenters. The van der Waals surface area contributed by atoms with Gasteiger partial charge in [-0.2, -0.15) is 0 Å². The van der Waals surface area contributed by atoms with Crippen molar-refractivity contribution in [2.45, 2.75) is 6.92 Å². The molecule has 0 aliphatic heterocycles. The van der Waals surface area contributed by atoms with Crippen LogP contribution in [0.15, 0.2) is 48.7 Å². The van der Waals surface area contributed by atoms with Gasteiger partial charge in [0, 0.05) is 23.0 Å². The maximum Gasteiger partial charge on any atom is 0.274 e. The molecule has 1 amide bonds. The van der Waals surface area contributed by atoms with Crippen LogP contribution in [0.3, 0.4) is 0 Å². The van der Waals surface area contributed by atoms with Crippen molar-refractivity contribution in [2.75, 3.05) is 11.1 Å². The van der Waals surface area contributed by atoms with E-state index < -0.39 is 0 Å². The molecule has 3 N–H and O–H groups in total. The van der Waals surface area contributed by atoms with Crippen LogP contribution >= 0.6 is 0 Å². The quantitative estimate of drug-likeness (QED) is 0.755. The molecule has 5 heteroatoms. The van der Waals surface area contributed by atoms with Crippen molar-refractivity contribution in [1.29, 1.82) is 0 Å². The summed E-state index contributed by atoms with van der Waals surface area (Å²) in [7, 11) is 0. The van der Waals surface area contributed by atoms with Gasteiger partial charge in [-0.25, -0.2) is 0 Å². The fourth-order valence-corrected chi connectivity index (χ4v) is 2.17. The summed E-state index contributed by atoms with van der Waals surface area (Å²) in [6, 6.07) is 12.7. The Morgan fingerprint density at radius 3 is 2.81 bits per heavy atom. The summed E-state index contributed by atoms with van der Waals surface area (Å²) in [5.74, 6) is -0.293. The summed E-state index contributed by atoms with van der Waals surface area (Å²) in [4.78, 5) is 20.7. The molecule has 0 spiro atoms. The molecule has 0 aliphatic rings. The van der Waals surface area contributed by atoms with E-state index in [4.69, 9.17) is 5.73 Å². The zero-order valence-electron chi connectivity index (χ0n) is 11.5. The van der Waals surface area contributed by atoms with Crippen molar-refractivity contribution >= 4 is 28.2 Å². The maximum atomic E-state index is 12.3. The van der Waals surface area contributed by atoms with E-state index in [1.807, 2.05) is 37.3 Å². The molecule has 0 aliphatic carbocycles. The molecule has 0 saturated carbocycles. The van der Waals surface area contributed by atoms with Gasteiger partial charge in [0.2, 0.25) is 0 Å². The number of carbonyl (C=O) groups is 1. The summed E-state index contributed by atoms with van der Waals surface area (Å²) in [5.41, 5.74) is 8.86. The Morgan fingerprint density at radius 2 is 2.00 bits per heavy atom. The smallest absolute Gasteiger partial charge is 0.274 e. The largest absolute Gasteiger partial charge is 0.399 e. The monoisotopic (exact) mass is 278 g/mol. The average molecular weight is 278 g/mol. The molecule has 0 radical (unpaired) electrons. The second-order valence-electron chi connectivity index (χ2n) is 4.76. The number of nitrogens with two attached hydrogens (primary N) is 1.